The van der Waals surface area contributed by atoms with Crippen molar-refractivity contribution in [2.45, 2.75) is 19.4 Å². The van der Waals surface area contributed by atoms with Gasteiger partial charge >= 0.3 is 5.97 Å². The highest BCUT2D eigenvalue weighted by Gasteiger charge is 2.22. The molecule has 1 aliphatic rings. The number of carboxylic acid groups (broad SMARTS) is 1. The third-order valence-electron chi connectivity index (χ3n) is 2.43. The quantitative estimate of drug-likeness (QED) is 0.653. The molecule has 1 amide bonds. The molecule has 16 heavy (non-hydrogen) atoms. The molecule has 92 valence electrons. The van der Waals surface area contributed by atoms with Gasteiger partial charge in [-0.3, -0.25) is 14.5 Å². The van der Waals surface area contributed by atoms with E-state index >= 15 is 0 Å². The monoisotopic (exact) mass is 230 g/mol. The Kier molecular flexibility index (Phi) is 5.21. The van der Waals surface area contributed by atoms with Gasteiger partial charge in [0, 0.05) is 33.1 Å². The predicted molar refractivity (Wildman–Crippen MR) is 57.1 cm³/mol. The molecule has 0 aromatic carbocycles. The summed E-state index contributed by atoms with van der Waals surface area (Å²) < 4.78 is 5.34. The van der Waals surface area contributed by atoms with E-state index in [4.69, 9.17) is 9.84 Å². The van der Waals surface area contributed by atoms with E-state index in [1.54, 1.807) is 0 Å². The minimum atomic E-state index is -0.839. The molecule has 6 nitrogen and oxygen atoms in total. The molecule has 1 heterocycles. The SMILES string of the molecule is CC(=O)NCCN1CCOC(CC(=O)O)C1. The molecule has 1 atom stereocenters. The van der Waals surface area contributed by atoms with Crippen molar-refractivity contribution in [3.05, 3.63) is 0 Å². The van der Waals surface area contributed by atoms with Gasteiger partial charge in [-0.25, -0.2) is 0 Å². The first kappa shape index (κ1) is 12.9. The summed E-state index contributed by atoms with van der Waals surface area (Å²) in [5, 5.41) is 11.4. The van der Waals surface area contributed by atoms with Crippen LogP contribution in [0.15, 0.2) is 0 Å². The maximum Gasteiger partial charge on any atom is 0.306 e. The maximum atomic E-state index is 10.7. The minimum absolute atomic E-state index is 0.0383. The summed E-state index contributed by atoms with van der Waals surface area (Å²) in [5.74, 6) is -0.885. The van der Waals surface area contributed by atoms with E-state index in [0.717, 1.165) is 13.1 Å². The van der Waals surface area contributed by atoms with Gasteiger partial charge in [0.05, 0.1) is 19.1 Å². The number of ether oxygens (including phenoxy) is 1. The highest BCUT2D eigenvalue weighted by Crippen LogP contribution is 2.07. The zero-order valence-corrected chi connectivity index (χ0v) is 9.44. The number of rotatable bonds is 5. The Morgan fingerprint density at radius 2 is 2.31 bits per heavy atom. The molecular weight excluding hydrogens is 212 g/mol. The fraction of sp³-hybridized carbons (Fsp3) is 0.800. The number of carboxylic acids is 1. The van der Waals surface area contributed by atoms with Gasteiger partial charge < -0.3 is 15.2 Å². The molecule has 0 aliphatic carbocycles. The lowest BCUT2D eigenvalue weighted by molar-refractivity contribution is -0.142. The van der Waals surface area contributed by atoms with Crippen LogP contribution in [-0.4, -0.2) is 60.8 Å². The van der Waals surface area contributed by atoms with Crippen LogP contribution < -0.4 is 5.32 Å². The van der Waals surface area contributed by atoms with Crippen LogP contribution in [0.3, 0.4) is 0 Å². The van der Waals surface area contributed by atoms with Crippen molar-refractivity contribution in [1.82, 2.24) is 10.2 Å². The van der Waals surface area contributed by atoms with Gasteiger partial charge in [0.1, 0.15) is 0 Å². The van der Waals surface area contributed by atoms with Crippen LogP contribution in [0.4, 0.5) is 0 Å². The molecule has 0 radical (unpaired) electrons. The summed E-state index contributed by atoms with van der Waals surface area (Å²) in [6.45, 7) is 4.76. The summed E-state index contributed by atoms with van der Waals surface area (Å²) in [7, 11) is 0. The van der Waals surface area contributed by atoms with Crippen LogP contribution in [0.25, 0.3) is 0 Å². The van der Waals surface area contributed by atoms with Gasteiger partial charge in [0.2, 0.25) is 5.91 Å². The fourth-order valence-corrected chi connectivity index (χ4v) is 1.69. The number of aliphatic carboxylic acids is 1. The van der Waals surface area contributed by atoms with Crippen LogP contribution in [0.2, 0.25) is 0 Å². The highest BCUT2D eigenvalue weighted by molar-refractivity contribution is 5.72. The molecule has 1 unspecified atom stereocenters. The normalized spacial score (nSPS) is 21.7. The van der Waals surface area contributed by atoms with Crippen LogP contribution in [0.5, 0.6) is 0 Å². The Balaban J connectivity index is 2.22. The number of hydrogen-bond donors (Lipinski definition) is 2. The summed E-state index contributed by atoms with van der Waals surface area (Å²) in [6, 6.07) is 0. The number of amides is 1. The van der Waals surface area contributed by atoms with Crippen molar-refractivity contribution < 1.29 is 19.4 Å². The van der Waals surface area contributed by atoms with Crippen molar-refractivity contribution >= 4 is 11.9 Å². The first-order chi connectivity index (χ1) is 7.58. The first-order valence-electron chi connectivity index (χ1n) is 5.38. The molecule has 0 saturated carbocycles. The number of hydrogen-bond acceptors (Lipinski definition) is 4. The van der Waals surface area contributed by atoms with E-state index in [2.05, 4.69) is 10.2 Å². The second kappa shape index (κ2) is 6.44. The smallest absolute Gasteiger partial charge is 0.306 e. The molecular formula is C10H18N2O4. The van der Waals surface area contributed by atoms with Gasteiger partial charge in [0.25, 0.3) is 0 Å². The second-order valence-electron chi connectivity index (χ2n) is 3.87. The van der Waals surface area contributed by atoms with E-state index in [-0.39, 0.29) is 18.4 Å². The lowest BCUT2D eigenvalue weighted by Crippen LogP contribution is -2.46. The third kappa shape index (κ3) is 5.09. The molecule has 0 bridgehead atoms. The molecule has 0 aromatic rings. The van der Waals surface area contributed by atoms with Gasteiger partial charge in [-0.2, -0.15) is 0 Å². The van der Waals surface area contributed by atoms with E-state index < -0.39 is 5.97 Å². The highest BCUT2D eigenvalue weighted by atomic mass is 16.5. The molecule has 0 aromatic heterocycles. The van der Waals surface area contributed by atoms with E-state index in [1.807, 2.05) is 0 Å². The summed E-state index contributed by atoms with van der Waals surface area (Å²) >= 11 is 0. The Bertz CT molecular complexity index is 257. The molecule has 1 saturated heterocycles. The zero-order valence-electron chi connectivity index (χ0n) is 9.44. The number of morpholine rings is 1. The van der Waals surface area contributed by atoms with Crippen LogP contribution in [0, 0.1) is 0 Å². The average Bonchev–Trinajstić information content (AvgIpc) is 2.16. The molecule has 1 aliphatic heterocycles. The number of nitrogens with zero attached hydrogens (tertiary/aromatic N) is 1. The van der Waals surface area contributed by atoms with E-state index in [9.17, 15) is 9.59 Å². The molecule has 2 N–H and O–H groups in total. The standard InChI is InChI=1S/C10H18N2O4/c1-8(13)11-2-3-12-4-5-16-9(7-12)6-10(14)15/h9H,2-7H2,1H3,(H,11,13)(H,14,15). The zero-order chi connectivity index (χ0) is 12.0. The van der Waals surface area contributed by atoms with Crippen LogP contribution in [-0.2, 0) is 14.3 Å². The van der Waals surface area contributed by atoms with E-state index in [0.29, 0.717) is 19.7 Å². The van der Waals surface area contributed by atoms with Crippen molar-refractivity contribution in [1.29, 1.82) is 0 Å². The Morgan fingerprint density at radius 3 is 2.94 bits per heavy atom. The Morgan fingerprint density at radius 1 is 1.56 bits per heavy atom. The summed E-state index contributed by atoms with van der Waals surface area (Å²) in [6.07, 6.45) is -0.194. The van der Waals surface area contributed by atoms with Gasteiger partial charge in [-0.05, 0) is 0 Å². The topological polar surface area (TPSA) is 78.9 Å². The number of nitrogens with one attached hydrogen (secondary N) is 1. The van der Waals surface area contributed by atoms with E-state index in [1.165, 1.54) is 6.92 Å². The summed E-state index contributed by atoms with van der Waals surface area (Å²) in [5.41, 5.74) is 0. The van der Waals surface area contributed by atoms with Crippen LogP contribution in [0.1, 0.15) is 13.3 Å². The predicted octanol–water partition coefficient (Wildman–Crippen LogP) is -0.702. The number of carbonyl (C=O) groups excluding carboxylic acids is 1. The minimum Gasteiger partial charge on any atom is -0.481 e. The molecule has 6 heteroatoms. The average molecular weight is 230 g/mol. The van der Waals surface area contributed by atoms with Crippen molar-refractivity contribution in [2.24, 2.45) is 0 Å². The van der Waals surface area contributed by atoms with Gasteiger partial charge in [-0.15, -0.1) is 0 Å². The third-order valence-corrected chi connectivity index (χ3v) is 2.43. The Hall–Kier alpha value is -1.14. The van der Waals surface area contributed by atoms with Crippen LogP contribution >= 0.6 is 0 Å². The number of carbonyl (C=O) groups is 2. The lowest BCUT2D eigenvalue weighted by Gasteiger charge is -2.32. The molecule has 1 rings (SSSR count). The maximum absolute atomic E-state index is 10.7. The first-order valence-corrected chi connectivity index (χ1v) is 5.38. The Labute approximate surface area is 94.6 Å². The van der Waals surface area contributed by atoms with Crippen molar-refractivity contribution in [3.63, 3.8) is 0 Å². The molecule has 0 spiro atoms. The fourth-order valence-electron chi connectivity index (χ4n) is 1.69. The lowest BCUT2D eigenvalue weighted by atomic mass is 10.2. The second-order valence-corrected chi connectivity index (χ2v) is 3.87. The molecule has 1 fully saturated rings. The van der Waals surface area contributed by atoms with Crippen molar-refractivity contribution in [2.75, 3.05) is 32.8 Å². The summed E-state index contributed by atoms with van der Waals surface area (Å²) in [4.78, 5) is 23.3. The van der Waals surface area contributed by atoms with Gasteiger partial charge in [-0.1, -0.05) is 0 Å². The van der Waals surface area contributed by atoms with Gasteiger partial charge in [0.15, 0.2) is 0 Å². The van der Waals surface area contributed by atoms with Crippen molar-refractivity contribution in [3.8, 4) is 0 Å². The largest absolute Gasteiger partial charge is 0.481 e.